The van der Waals surface area contributed by atoms with E-state index in [1.807, 2.05) is 25.3 Å². The Morgan fingerprint density at radius 2 is 2.31 bits per heavy atom. The Morgan fingerprint density at radius 1 is 1.46 bits per heavy atom. The van der Waals surface area contributed by atoms with Crippen LogP contribution in [-0.4, -0.2) is 46.5 Å². The summed E-state index contributed by atoms with van der Waals surface area (Å²) < 4.78 is 0. The van der Waals surface area contributed by atoms with Crippen molar-refractivity contribution in [2.75, 3.05) is 19.6 Å². The van der Waals surface area contributed by atoms with Crippen molar-refractivity contribution >= 4 is 17.2 Å². The fourth-order valence-electron chi connectivity index (χ4n) is 3.08. The van der Waals surface area contributed by atoms with Gasteiger partial charge in [0.05, 0.1) is 18.3 Å². The molecule has 1 aliphatic rings. The minimum absolute atomic E-state index is 0.00969. The molecule has 0 spiro atoms. The molecule has 2 aromatic rings. The molecular formula is C19H23N5OS. The predicted octanol–water partition coefficient (Wildman–Crippen LogP) is 2.47. The number of hydrogen-bond donors (Lipinski definition) is 1. The molecule has 0 radical (unpaired) electrons. The summed E-state index contributed by atoms with van der Waals surface area (Å²) >= 11 is 1.67. The first-order chi connectivity index (χ1) is 12.6. The number of amides is 1. The molecule has 6 nitrogen and oxygen atoms in total. The van der Waals surface area contributed by atoms with Crippen molar-refractivity contribution in [2.24, 2.45) is 0 Å². The lowest BCUT2D eigenvalue weighted by Gasteiger charge is -2.19. The number of aromatic nitrogens is 2. The monoisotopic (exact) mass is 369 g/mol. The lowest BCUT2D eigenvalue weighted by atomic mass is 10.2. The minimum Gasteiger partial charge on any atom is -0.326 e. The third-order valence-corrected chi connectivity index (χ3v) is 5.65. The maximum atomic E-state index is 12.2. The number of nitrogens with one attached hydrogen (secondary N) is 1. The van der Waals surface area contributed by atoms with Crippen molar-refractivity contribution in [1.82, 2.24) is 20.2 Å². The van der Waals surface area contributed by atoms with Crippen molar-refractivity contribution in [3.8, 4) is 16.6 Å². The second-order valence-electron chi connectivity index (χ2n) is 6.51. The van der Waals surface area contributed by atoms with Crippen LogP contribution in [-0.2, 0) is 11.2 Å². The van der Waals surface area contributed by atoms with E-state index >= 15 is 0 Å². The van der Waals surface area contributed by atoms with E-state index in [4.69, 9.17) is 10.2 Å². The average Bonchev–Trinajstić information content (AvgIpc) is 3.26. The van der Waals surface area contributed by atoms with Gasteiger partial charge in [0.1, 0.15) is 11.0 Å². The van der Waals surface area contributed by atoms with E-state index in [9.17, 15) is 4.79 Å². The summed E-state index contributed by atoms with van der Waals surface area (Å²) in [5.74, 6) is 0.00969. The van der Waals surface area contributed by atoms with Gasteiger partial charge in [0.2, 0.25) is 5.91 Å². The molecular weight excluding hydrogens is 346 g/mol. The van der Waals surface area contributed by atoms with E-state index in [0.717, 1.165) is 41.2 Å². The van der Waals surface area contributed by atoms with Crippen LogP contribution in [0.4, 0.5) is 0 Å². The molecule has 136 valence electrons. The van der Waals surface area contributed by atoms with Gasteiger partial charge in [0.15, 0.2) is 0 Å². The van der Waals surface area contributed by atoms with E-state index < -0.39 is 0 Å². The number of rotatable bonds is 6. The molecule has 3 heterocycles. The maximum absolute atomic E-state index is 12.2. The van der Waals surface area contributed by atoms with Crippen molar-refractivity contribution < 1.29 is 4.79 Å². The zero-order valence-electron chi connectivity index (χ0n) is 15.2. The highest BCUT2D eigenvalue weighted by molar-refractivity contribution is 7.15. The number of thiazole rings is 1. The smallest absolute Gasteiger partial charge is 0.237 e. The lowest BCUT2D eigenvalue weighted by molar-refractivity contribution is -0.130. The topological polar surface area (TPSA) is 81.9 Å². The number of hydrogen-bond acceptors (Lipinski definition) is 6. The van der Waals surface area contributed by atoms with E-state index in [-0.39, 0.29) is 18.5 Å². The molecule has 1 amide bonds. The van der Waals surface area contributed by atoms with E-state index in [2.05, 4.69) is 23.3 Å². The van der Waals surface area contributed by atoms with Gasteiger partial charge >= 0.3 is 0 Å². The molecule has 0 aliphatic carbocycles. The summed E-state index contributed by atoms with van der Waals surface area (Å²) in [6.45, 7) is 5.70. The third-order valence-electron chi connectivity index (χ3n) is 4.59. The third kappa shape index (κ3) is 4.26. The van der Waals surface area contributed by atoms with Gasteiger partial charge in [-0.15, -0.1) is 11.3 Å². The first-order valence-corrected chi connectivity index (χ1v) is 9.69. The Labute approximate surface area is 157 Å². The van der Waals surface area contributed by atoms with E-state index in [1.54, 1.807) is 16.2 Å². The average molecular weight is 369 g/mol. The second kappa shape index (κ2) is 8.39. The highest BCUT2D eigenvalue weighted by Gasteiger charge is 2.27. The van der Waals surface area contributed by atoms with Crippen LogP contribution in [0, 0.1) is 25.2 Å². The predicted molar refractivity (Wildman–Crippen MR) is 102 cm³/mol. The van der Waals surface area contributed by atoms with Crippen LogP contribution in [0.15, 0.2) is 18.3 Å². The summed E-state index contributed by atoms with van der Waals surface area (Å²) in [5, 5.41) is 13.2. The fraction of sp³-hybridized carbons (Fsp3) is 0.474. The number of nitrogens with zero attached hydrogens (tertiary/aromatic N) is 4. The highest BCUT2D eigenvalue weighted by Crippen LogP contribution is 2.27. The SMILES string of the molecule is Cc1ccc(-c2nc(CCNCC(=O)N3CCC[C@H]3C#N)c(C)s2)cn1. The molecule has 0 aromatic carbocycles. The Hall–Kier alpha value is -2.30. The van der Waals surface area contributed by atoms with Crippen LogP contribution in [0.3, 0.4) is 0 Å². The summed E-state index contributed by atoms with van der Waals surface area (Å²) in [6, 6.07) is 5.99. The zero-order chi connectivity index (χ0) is 18.5. The van der Waals surface area contributed by atoms with Crippen LogP contribution in [0.5, 0.6) is 0 Å². The minimum atomic E-state index is -0.254. The van der Waals surface area contributed by atoms with Gasteiger partial charge in [-0.2, -0.15) is 5.26 Å². The maximum Gasteiger partial charge on any atom is 0.237 e. The van der Waals surface area contributed by atoms with Crippen molar-refractivity contribution in [2.45, 2.75) is 39.2 Å². The Bertz CT molecular complexity index is 808. The highest BCUT2D eigenvalue weighted by atomic mass is 32.1. The molecule has 7 heteroatoms. The number of pyridine rings is 1. The molecule has 0 unspecified atom stereocenters. The van der Waals surface area contributed by atoms with Gasteiger partial charge in [0, 0.05) is 41.8 Å². The van der Waals surface area contributed by atoms with Gasteiger partial charge < -0.3 is 10.2 Å². The van der Waals surface area contributed by atoms with Crippen LogP contribution < -0.4 is 5.32 Å². The van der Waals surface area contributed by atoms with Crippen LogP contribution in [0.25, 0.3) is 10.6 Å². The number of carbonyl (C=O) groups is 1. The number of carbonyl (C=O) groups excluding carboxylic acids is 1. The molecule has 0 bridgehead atoms. The number of nitriles is 1. The second-order valence-corrected chi connectivity index (χ2v) is 7.71. The summed E-state index contributed by atoms with van der Waals surface area (Å²) in [7, 11) is 0. The molecule has 26 heavy (non-hydrogen) atoms. The summed E-state index contributed by atoms with van der Waals surface area (Å²) in [4.78, 5) is 24.1. The number of likely N-dealkylation sites (tertiary alicyclic amines) is 1. The molecule has 0 saturated carbocycles. The normalized spacial score (nSPS) is 16.7. The quantitative estimate of drug-likeness (QED) is 0.791. The molecule has 2 aromatic heterocycles. The van der Waals surface area contributed by atoms with E-state index in [0.29, 0.717) is 13.1 Å². The zero-order valence-corrected chi connectivity index (χ0v) is 16.0. The summed E-state index contributed by atoms with van der Waals surface area (Å²) in [6.07, 6.45) is 4.34. The molecule has 1 N–H and O–H groups in total. The Kier molecular flexibility index (Phi) is 5.96. The van der Waals surface area contributed by atoms with Gasteiger partial charge in [-0.1, -0.05) is 0 Å². The van der Waals surface area contributed by atoms with Crippen LogP contribution >= 0.6 is 11.3 Å². The molecule has 1 atom stereocenters. The Balaban J connectivity index is 1.50. The van der Waals surface area contributed by atoms with Gasteiger partial charge in [0.25, 0.3) is 0 Å². The first kappa shape index (κ1) is 18.5. The standard InChI is InChI=1S/C19H23N5OS/c1-13-5-6-15(11-22-13)19-23-17(14(2)26-19)7-8-21-12-18(25)24-9-3-4-16(24)10-20/h5-6,11,16,21H,3-4,7-9,12H2,1-2H3/t16-/m0/s1. The molecule has 3 rings (SSSR count). The van der Waals surface area contributed by atoms with Crippen LogP contribution in [0.2, 0.25) is 0 Å². The van der Waals surface area contributed by atoms with Crippen molar-refractivity contribution in [3.05, 3.63) is 34.6 Å². The van der Waals surface area contributed by atoms with Crippen LogP contribution in [0.1, 0.15) is 29.1 Å². The largest absolute Gasteiger partial charge is 0.326 e. The number of aryl methyl sites for hydroxylation is 2. The molecule has 1 fully saturated rings. The molecule has 1 saturated heterocycles. The van der Waals surface area contributed by atoms with Crippen molar-refractivity contribution in [3.63, 3.8) is 0 Å². The first-order valence-electron chi connectivity index (χ1n) is 8.87. The van der Waals surface area contributed by atoms with Gasteiger partial charge in [-0.05, 0) is 38.8 Å². The summed E-state index contributed by atoms with van der Waals surface area (Å²) in [5.41, 5.74) is 3.09. The van der Waals surface area contributed by atoms with Gasteiger partial charge in [-0.3, -0.25) is 9.78 Å². The van der Waals surface area contributed by atoms with Crippen molar-refractivity contribution in [1.29, 1.82) is 5.26 Å². The van der Waals surface area contributed by atoms with Gasteiger partial charge in [-0.25, -0.2) is 4.98 Å². The van der Waals surface area contributed by atoms with E-state index in [1.165, 1.54) is 4.88 Å². The fourth-order valence-corrected chi connectivity index (χ4v) is 4.03. The Morgan fingerprint density at radius 3 is 3.04 bits per heavy atom. The lowest BCUT2D eigenvalue weighted by Crippen LogP contribution is -2.41. The molecule has 1 aliphatic heterocycles.